The second-order valence-corrected chi connectivity index (χ2v) is 7.82. The zero-order chi connectivity index (χ0) is 19.7. The van der Waals surface area contributed by atoms with E-state index in [0.717, 1.165) is 22.4 Å². The Hall–Kier alpha value is -2.48. The van der Waals surface area contributed by atoms with Gasteiger partial charge in [0, 0.05) is 30.2 Å². The Bertz CT molecular complexity index is 1050. The lowest BCUT2D eigenvalue weighted by atomic mass is 9.96. The van der Waals surface area contributed by atoms with E-state index in [9.17, 15) is 4.79 Å². The van der Waals surface area contributed by atoms with E-state index in [2.05, 4.69) is 43.9 Å². The molecule has 0 spiro atoms. The van der Waals surface area contributed by atoms with Crippen LogP contribution in [0.2, 0.25) is 0 Å². The number of halogens is 1. The van der Waals surface area contributed by atoms with Gasteiger partial charge in [0.2, 0.25) is 0 Å². The zero-order valence-corrected chi connectivity index (χ0v) is 17.3. The second-order valence-electron chi connectivity index (χ2n) is 6.91. The van der Waals surface area contributed by atoms with Crippen molar-refractivity contribution < 1.29 is 0 Å². The maximum absolute atomic E-state index is 13.0. The molecule has 0 bridgehead atoms. The maximum atomic E-state index is 13.0. The van der Waals surface area contributed by atoms with Crippen LogP contribution in [0.4, 0.5) is 5.69 Å². The Kier molecular flexibility index (Phi) is 5.30. The van der Waals surface area contributed by atoms with Gasteiger partial charge in [-0.15, -0.1) is 0 Å². The summed E-state index contributed by atoms with van der Waals surface area (Å²) in [4.78, 5) is 17.6. The number of nitrogens with one attached hydrogen (secondary N) is 2. The fourth-order valence-electron chi connectivity index (χ4n) is 3.52. The van der Waals surface area contributed by atoms with Gasteiger partial charge in [-0.1, -0.05) is 46.3 Å². The fraction of sp³-hybridized carbons (Fsp3) is 0.238. The lowest BCUT2D eigenvalue weighted by Crippen LogP contribution is -2.25. The number of nitrogens with zero attached hydrogens (tertiary/aromatic N) is 3. The number of aromatic nitrogens is 2. The lowest BCUT2D eigenvalue weighted by Gasteiger charge is -2.15. The van der Waals surface area contributed by atoms with Crippen LogP contribution in [0.3, 0.4) is 0 Å². The molecule has 4 rings (SSSR count). The highest BCUT2D eigenvalue weighted by atomic mass is 79.9. The number of rotatable bonds is 4. The van der Waals surface area contributed by atoms with Crippen molar-refractivity contribution >= 4 is 27.8 Å². The van der Waals surface area contributed by atoms with Gasteiger partial charge in [0.1, 0.15) is 0 Å². The maximum Gasteiger partial charge on any atom is 0.297 e. The van der Waals surface area contributed by atoms with Crippen molar-refractivity contribution in [3.63, 3.8) is 0 Å². The predicted molar refractivity (Wildman–Crippen MR) is 115 cm³/mol. The molecule has 0 radical (unpaired) electrons. The topological polar surface area (TPSA) is 63.4 Å². The van der Waals surface area contributed by atoms with Crippen LogP contribution < -0.4 is 16.4 Å². The third-order valence-electron chi connectivity index (χ3n) is 5.17. The number of benzene rings is 2. The van der Waals surface area contributed by atoms with Crippen molar-refractivity contribution in [2.75, 3.05) is 6.54 Å². The Morgan fingerprint density at radius 3 is 2.57 bits per heavy atom. The summed E-state index contributed by atoms with van der Waals surface area (Å²) in [6.45, 7) is 2.67. The van der Waals surface area contributed by atoms with Gasteiger partial charge in [-0.2, -0.15) is 0 Å². The Morgan fingerprint density at radius 2 is 1.86 bits per heavy atom. The molecule has 1 fully saturated rings. The van der Waals surface area contributed by atoms with Gasteiger partial charge in [-0.3, -0.25) is 19.9 Å². The Balaban J connectivity index is 1.65. The number of hydrogen-bond acceptors (Lipinski definition) is 4. The van der Waals surface area contributed by atoms with E-state index in [0.29, 0.717) is 5.69 Å². The monoisotopic (exact) mass is 439 g/mol. The van der Waals surface area contributed by atoms with E-state index in [-0.39, 0.29) is 17.5 Å². The first-order chi connectivity index (χ1) is 13.6. The van der Waals surface area contributed by atoms with Crippen molar-refractivity contribution in [3.8, 4) is 5.69 Å². The SMILES string of the molecule is Cc1c(N=CC2CNNC2c2ccc(Br)cc2)c(=O)n(-c2ccccc2)n1C. The standard InChI is InChI=1S/C21H22BrN5O/c1-14-19(21(28)27(26(14)2)18-6-4-3-5-7-18)23-12-16-13-24-25-20(16)15-8-10-17(22)11-9-15/h3-12,16,20,24-25H,13H2,1-2H3. The number of hydrazine groups is 1. The van der Waals surface area contributed by atoms with Gasteiger partial charge >= 0.3 is 0 Å². The zero-order valence-electron chi connectivity index (χ0n) is 15.8. The number of hydrogen-bond donors (Lipinski definition) is 2. The first-order valence-corrected chi connectivity index (χ1v) is 9.97. The van der Waals surface area contributed by atoms with Gasteiger partial charge in [0.15, 0.2) is 5.69 Å². The van der Waals surface area contributed by atoms with Gasteiger partial charge < -0.3 is 0 Å². The van der Waals surface area contributed by atoms with Crippen molar-refractivity contribution in [1.82, 2.24) is 20.2 Å². The molecule has 2 aromatic carbocycles. The van der Waals surface area contributed by atoms with Crippen molar-refractivity contribution in [1.29, 1.82) is 0 Å². The third kappa shape index (κ3) is 3.48. The molecule has 1 aliphatic rings. The molecule has 2 N–H and O–H groups in total. The lowest BCUT2D eigenvalue weighted by molar-refractivity contribution is 0.557. The summed E-state index contributed by atoms with van der Waals surface area (Å²) in [5, 5.41) is 0. The van der Waals surface area contributed by atoms with E-state index < -0.39 is 0 Å². The van der Waals surface area contributed by atoms with E-state index >= 15 is 0 Å². The highest BCUT2D eigenvalue weighted by Crippen LogP contribution is 2.26. The van der Waals surface area contributed by atoms with Crippen LogP contribution in [-0.4, -0.2) is 22.1 Å². The molecule has 7 heteroatoms. The summed E-state index contributed by atoms with van der Waals surface area (Å²) >= 11 is 3.47. The Morgan fingerprint density at radius 1 is 1.14 bits per heavy atom. The molecule has 2 unspecified atom stereocenters. The van der Waals surface area contributed by atoms with Gasteiger partial charge in [0.25, 0.3) is 5.56 Å². The molecule has 6 nitrogen and oxygen atoms in total. The highest BCUT2D eigenvalue weighted by Gasteiger charge is 2.27. The minimum Gasteiger partial charge on any atom is -0.283 e. The van der Waals surface area contributed by atoms with Crippen LogP contribution in [0.15, 0.2) is 68.9 Å². The van der Waals surface area contributed by atoms with Crippen LogP contribution in [0.1, 0.15) is 17.3 Å². The largest absolute Gasteiger partial charge is 0.297 e. The smallest absolute Gasteiger partial charge is 0.283 e. The van der Waals surface area contributed by atoms with Gasteiger partial charge in [-0.05, 0) is 36.8 Å². The van der Waals surface area contributed by atoms with Crippen LogP contribution in [-0.2, 0) is 7.05 Å². The second kappa shape index (κ2) is 7.87. The van der Waals surface area contributed by atoms with Crippen LogP contribution in [0.25, 0.3) is 5.69 Å². The van der Waals surface area contributed by atoms with E-state index in [1.54, 1.807) is 4.68 Å². The van der Waals surface area contributed by atoms with Crippen LogP contribution in [0, 0.1) is 12.8 Å². The summed E-state index contributed by atoms with van der Waals surface area (Å²) in [7, 11) is 1.88. The van der Waals surface area contributed by atoms with E-state index in [4.69, 9.17) is 0 Å². The molecule has 2 heterocycles. The van der Waals surface area contributed by atoms with Gasteiger partial charge in [0.05, 0.1) is 17.4 Å². The molecule has 1 aliphatic heterocycles. The third-order valence-corrected chi connectivity index (χ3v) is 5.70. The average Bonchev–Trinajstić information content (AvgIpc) is 3.25. The van der Waals surface area contributed by atoms with Crippen LogP contribution in [0.5, 0.6) is 0 Å². The number of aliphatic imine (C=N–C) groups is 1. The minimum absolute atomic E-state index is 0.109. The van der Waals surface area contributed by atoms with Crippen molar-refractivity contribution in [3.05, 3.63) is 80.7 Å². The fourth-order valence-corrected chi connectivity index (χ4v) is 3.79. The van der Waals surface area contributed by atoms with E-state index in [1.165, 1.54) is 5.56 Å². The summed E-state index contributed by atoms with van der Waals surface area (Å²) in [5.74, 6) is 0.144. The summed E-state index contributed by atoms with van der Waals surface area (Å²) in [6.07, 6.45) is 1.89. The summed E-state index contributed by atoms with van der Waals surface area (Å²) in [5.41, 5.74) is 9.72. The van der Waals surface area contributed by atoms with Crippen molar-refractivity contribution in [2.45, 2.75) is 13.0 Å². The first-order valence-electron chi connectivity index (χ1n) is 9.18. The molecule has 3 aromatic rings. The predicted octanol–water partition coefficient (Wildman–Crippen LogP) is 3.41. The molecule has 0 amide bonds. The molecule has 1 aromatic heterocycles. The molecule has 2 atom stereocenters. The molecule has 144 valence electrons. The molecule has 28 heavy (non-hydrogen) atoms. The molecule has 0 aliphatic carbocycles. The summed E-state index contributed by atoms with van der Waals surface area (Å²) in [6, 6.07) is 18.0. The van der Waals surface area contributed by atoms with Crippen molar-refractivity contribution in [2.24, 2.45) is 18.0 Å². The summed E-state index contributed by atoms with van der Waals surface area (Å²) < 4.78 is 4.55. The normalized spacial score (nSPS) is 19.5. The highest BCUT2D eigenvalue weighted by molar-refractivity contribution is 9.10. The van der Waals surface area contributed by atoms with Crippen LogP contribution >= 0.6 is 15.9 Å². The van der Waals surface area contributed by atoms with Gasteiger partial charge in [-0.25, -0.2) is 10.1 Å². The molecule has 0 saturated carbocycles. The molecular weight excluding hydrogens is 418 g/mol. The molecular formula is C21H22BrN5O. The molecule has 1 saturated heterocycles. The quantitative estimate of drug-likeness (QED) is 0.612. The average molecular weight is 440 g/mol. The van der Waals surface area contributed by atoms with E-state index in [1.807, 2.05) is 67.3 Å². The Labute approximate surface area is 172 Å². The first kappa shape index (κ1) is 18.9. The minimum atomic E-state index is -0.110. The number of para-hydroxylation sites is 1.